The minimum atomic E-state index is -0.230. The standard InChI is InChI=1S/C16H24FNO/c1-12(16(2,3)4)11-15(19)18-10-9-13-5-7-14(17)8-6-13/h5-8,12H,9-11H2,1-4H3,(H,18,19)/t12-/m1/s1. The molecule has 0 bridgehead atoms. The van der Waals surface area contributed by atoms with E-state index in [4.69, 9.17) is 0 Å². The van der Waals surface area contributed by atoms with Gasteiger partial charge in [-0.2, -0.15) is 0 Å². The fourth-order valence-corrected chi connectivity index (χ4v) is 1.65. The summed E-state index contributed by atoms with van der Waals surface area (Å²) in [4.78, 5) is 11.8. The molecule has 3 heteroatoms. The van der Waals surface area contributed by atoms with E-state index in [-0.39, 0.29) is 17.1 Å². The highest BCUT2D eigenvalue weighted by Gasteiger charge is 2.22. The lowest BCUT2D eigenvalue weighted by atomic mass is 9.80. The Labute approximate surface area is 115 Å². The Morgan fingerprint density at radius 2 is 1.84 bits per heavy atom. The van der Waals surface area contributed by atoms with Crippen LogP contribution in [0.3, 0.4) is 0 Å². The molecule has 0 fully saturated rings. The van der Waals surface area contributed by atoms with E-state index in [1.165, 1.54) is 12.1 Å². The van der Waals surface area contributed by atoms with Gasteiger partial charge in [-0.05, 0) is 35.4 Å². The first kappa shape index (κ1) is 15.7. The van der Waals surface area contributed by atoms with Gasteiger partial charge in [-0.1, -0.05) is 39.8 Å². The van der Waals surface area contributed by atoms with Gasteiger partial charge in [0.1, 0.15) is 5.82 Å². The van der Waals surface area contributed by atoms with Crippen molar-refractivity contribution in [3.05, 3.63) is 35.6 Å². The van der Waals surface area contributed by atoms with Gasteiger partial charge in [0.2, 0.25) is 5.91 Å². The molecule has 1 N–H and O–H groups in total. The van der Waals surface area contributed by atoms with E-state index in [1.807, 2.05) is 0 Å². The van der Waals surface area contributed by atoms with Crippen LogP contribution in [-0.4, -0.2) is 12.5 Å². The molecule has 1 aromatic rings. The van der Waals surface area contributed by atoms with Gasteiger partial charge >= 0.3 is 0 Å². The van der Waals surface area contributed by atoms with Gasteiger partial charge in [-0.3, -0.25) is 4.79 Å². The highest BCUT2D eigenvalue weighted by Crippen LogP contribution is 2.27. The van der Waals surface area contributed by atoms with Gasteiger partial charge in [0.05, 0.1) is 0 Å². The molecule has 19 heavy (non-hydrogen) atoms. The Balaban J connectivity index is 2.29. The van der Waals surface area contributed by atoms with E-state index in [2.05, 4.69) is 33.0 Å². The summed E-state index contributed by atoms with van der Waals surface area (Å²) in [6, 6.07) is 6.39. The number of hydrogen-bond acceptors (Lipinski definition) is 1. The summed E-state index contributed by atoms with van der Waals surface area (Å²) in [6.07, 6.45) is 1.28. The molecule has 2 nitrogen and oxygen atoms in total. The van der Waals surface area contributed by atoms with Crippen molar-refractivity contribution >= 4 is 5.91 Å². The Hall–Kier alpha value is -1.38. The van der Waals surface area contributed by atoms with Crippen molar-refractivity contribution in [2.24, 2.45) is 11.3 Å². The van der Waals surface area contributed by atoms with E-state index in [0.29, 0.717) is 18.9 Å². The summed E-state index contributed by atoms with van der Waals surface area (Å²) in [6.45, 7) is 9.12. The highest BCUT2D eigenvalue weighted by molar-refractivity contribution is 5.76. The predicted octanol–water partition coefficient (Wildman–Crippen LogP) is 3.56. The molecular formula is C16H24FNO. The zero-order valence-corrected chi connectivity index (χ0v) is 12.3. The summed E-state index contributed by atoms with van der Waals surface area (Å²) < 4.78 is 12.7. The smallest absolute Gasteiger partial charge is 0.220 e. The monoisotopic (exact) mass is 265 g/mol. The second-order valence-corrected chi connectivity index (χ2v) is 6.20. The normalized spacial score (nSPS) is 13.1. The van der Waals surface area contributed by atoms with Crippen LogP contribution in [-0.2, 0) is 11.2 Å². The second-order valence-electron chi connectivity index (χ2n) is 6.20. The van der Waals surface area contributed by atoms with E-state index >= 15 is 0 Å². The number of carbonyl (C=O) groups is 1. The molecule has 0 heterocycles. The zero-order chi connectivity index (χ0) is 14.5. The molecule has 0 aliphatic heterocycles. The molecule has 0 spiro atoms. The third-order valence-electron chi connectivity index (χ3n) is 3.62. The Morgan fingerprint density at radius 1 is 1.26 bits per heavy atom. The lowest BCUT2D eigenvalue weighted by Crippen LogP contribution is -2.30. The van der Waals surface area contributed by atoms with Crippen molar-refractivity contribution in [2.75, 3.05) is 6.54 Å². The number of amides is 1. The first-order valence-electron chi connectivity index (χ1n) is 6.80. The van der Waals surface area contributed by atoms with Crippen molar-refractivity contribution in [1.29, 1.82) is 0 Å². The fraction of sp³-hybridized carbons (Fsp3) is 0.562. The Bertz CT molecular complexity index is 406. The second kappa shape index (κ2) is 6.69. The zero-order valence-electron chi connectivity index (χ0n) is 12.3. The summed E-state index contributed by atoms with van der Waals surface area (Å²) in [7, 11) is 0. The molecule has 1 aromatic carbocycles. The molecule has 1 atom stereocenters. The highest BCUT2D eigenvalue weighted by atomic mass is 19.1. The molecule has 0 saturated carbocycles. The minimum absolute atomic E-state index is 0.0875. The molecule has 0 aliphatic carbocycles. The summed E-state index contributed by atoms with van der Waals surface area (Å²) in [5.41, 5.74) is 1.18. The molecule has 1 amide bonds. The number of hydrogen-bond donors (Lipinski definition) is 1. The Kier molecular flexibility index (Phi) is 5.52. The fourth-order valence-electron chi connectivity index (χ4n) is 1.65. The van der Waals surface area contributed by atoms with E-state index in [1.54, 1.807) is 12.1 Å². The van der Waals surface area contributed by atoms with Crippen molar-refractivity contribution < 1.29 is 9.18 Å². The van der Waals surface area contributed by atoms with E-state index in [9.17, 15) is 9.18 Å². The maximum atomic E-state index is 12.7. The molecule has 0 unspecified atom stereocenters. The number of benzene rings is 1. The molecule has 0 saturated heterocycles. The van der Waals surface area contributed by atoms with Crippen LogP contribution >= 0.6 is 0 Å². The van der Waals surface area contributed by atoms with Crippen LogP contribution in [0.15, 0.2) is 24.3 Å². The summed E-state index contributed by atoms with van der Waals surface area (Å²) in [5, 5.41) is 2.92. The van der Waals surface area contributed by atoms with Crippen LogP contribution in [0.4, 0.5) is 4.39 Å². The molecule has 106 valence electrons. The van der Waals surface area contributed by atoms with Gasteiger partial charge in [-0.15, -0.1) is 0 Å². The molecule has 1 rings (SSSR count). The van der Waals surface area contributed by atoms with Crippen LogP contribution in [0.2, 0.25) is 0 Å². The average Bonchev–Trinajstić information content (AvgIpc) is 2.30. The molecule has 0 aromatic heterocycles. The van der Waals surface area contributed by atoms with Gasteiger partial charge < -0.3 is 5.32 Å². The summed E-state index contributed by atoms with van der Waals surface area (Å²) in [5.74, 6) is 0.203. The third kappa shape index (κ3) is 5.86. The van der Waals surface area contributed by atoms with Gasteiger partial charge in [0.25, 0.3) is 0 Å². The number of halogens is 1. The minimum Gasteiger partial charge on any atom is -0.356 e. The van der Waals surface area contributed by atoms with E-state index < -0.39 is 0 Å². The SMILES string of the molecule is C[C@H](CC(=O)NCCc1ccc(F)cc1)C(C)(C)C. The number of rotatable bonds is 5. The van der Waals surface area contributed by atoms with Gasteiger partial charge in [-0.25, -0.2) is 4.39 Å². The number of nitrogens with one attached hydrogen (secondary N) is 1. The molecule has 0 aliphatic rings. The Morgan fingerprint density at radius 3 is 2.37 bits per heavy atom. The summed E-state index contributed by atoms with van der Waals surface area (Å²) >= 11 is 0. The third-order valence-corrected chi connectivity index (χ3v) is 3.62. The van der Waals surface area contributed by atoms with Crippen LogP contribution in [0.1, 0.15) is 39.7 Å². The topological polar surface area (TPSA) is 29.1 Å². The van der Waals surface area contributed by atoms with Gasteiger partial charge in [0.15, 0.2) is 0 Å². The largest absolute Gasteiger partial charge is 0.356 e. The van der Waals surface area contributed by atoms with Crippen LogP contribution in [0.5, 0.6) is 0 Å². The first-order valence-corrected chi connectivity index (χ1v) is 6.80. The van der Waals surface area contributed by atoms with Crippen molar-refractivity contribution in [3.63, 3.8) is 0 Å². The van der Waals surface area contributed by atoms with Crippen molar-refractivity contribution in [1.82, 2.24) is 5.32 Å². The van der Waals surface area contributed by atoms with Crippen LogP contribution in [0.25, 0.3) is 0 Å². The van der Waals surface area contributed by atoms with E-state index in [0.717, 1.165) is 12.0 Å². The van der Waals surface area contributed by atoms with Crippen molar-refractivity contribution in [3.8, 4) is 0 Å². The maximum Gasteiger partial charge on any atom is 0.220 e. The lowest BCUT2D eigenvalue weighted by Gasteiger charge is -2.26. The first-order chi connectivity index (χ1) is 8.79. The van der Waals surface area contributed by atoms with Gasteiger partial charge in [0, 0.05) is 13.0 Å². The molecule has 0 radical (unpaired) electrons. The maximum absolute atomic E-state index is 12.7. The quantitative estimate of drug-likeness (QED) is 0.866. The predicted molar refractivity (Wildman–Crippen MR) is 76.3 cm³/mol. The van der Waals surface area contributed by atoms with Crippen LogP contribution < -0.4 is 5.32 Å². The lowest BCUT2D eigenvalue weighted by molar-refractivity contribution is -0.122. The number of carbonyl (C=O) groups excluding carboxylic acids is 1. The average molecular weight is 265 g/mol. The van der Waals surface area contributed by atoms with Crippen LogP contribution in [0, 0.1) is 17.2 Å². The molecular weight excluding hydrogens is 241 g/mol. The van der Waals surface area contributed by atoms with Crippen molar-refractivity contribution in [2.45, 2.75) is 40.5 Å².